The number of halogens is 2. The molecule has 5 heteroatoms. The number of piperazine rings is 1. The molecule has 2 rings (SSSR count). The van der Waals surface area contributed by atoms with E-state index in [1.807, 2.05) is 12.1 Å². The maximum Gasteiger partial charge on any atom is 0.0551 e. The van der Waals surface area contributed by atoms with Crippen molar-refractivity contribution in [1.82, 2.24) is 9.80 Å². The van der Waals surface area contributed by atoms with Crippen LogP contribution in [0.2, 0.25) is 5.02 Å². The lowest BCUT2D eigenvalue weighted by molar-refractivity contribution is 0.0352. The third kappa shape index (κ3) is 3.37. The molecule has 1 aromatic rings. The number of likely N-dealkylation sites (N-methyl/N-ethyl adjacent to an activating group) is 1. The average Bonchev–Trinajstić information content (AvgIpc) is 2.41. The predicted octanol–water partition coefficient (Wildman–Crippen LogP) is 3.13. The Morgan fingerprint density at radius 2 is 1.95 bits per heavy atom. The van der Waals surface area contributed by atoms with Crippen LogP contribution >= 0.6 is 27.5 Å². The summed E-state index contributed by atoms with van der Waals surface area (Å²) in [5, 5.41) is 0.746. The van der Waals surface area contributed by atoms with Crippen molar-refractivity contribution >= 4 is 27.5 Å². The van der Waals surface area contributed by atoms with Crippen molar-refractivity contribution in [2.75, 3.05) is 26.7 Å². The Labute approximate surface area is 135 Å². The van der Waals surface area contributed by atoms with Gasteiger partial charge >= 0.3 is 0 Å². The summed E-state index contributed by atoms with van der Waals surface area (Å²) in [5.74, 6) is 0. The van der Waals surface area contributed by atoms with Gasteiger partial charge in [-0.3, -0.25) is 9.80 Å². The van der Waals surface area contributed by atoms with Crippen LogP contribution in [-0.4, -0.2) is 48.6 Å². The van der Waals surface area contributed by atoms with Gasteiger partial charge in [0.1, 0.15) is 0 Å². The van der Waals surface area contributed by atoms with E-state index < -0.39 is 0 Å². The number of hydrogen-bond acceptors (Lipinski definition) is 3. The van der Waals surface area contributed by atoms with Gasteiger partial charge in [0.2, 0.25) is 0 Å². The topological polar surface area (TPSA) is 32.5 Å². The number of hydrogen-bond donors (Lipinski definition) is 1. The van der Waals surface area contributed by atoms with Crippen LogP contribution in [0, 0.1) is 0 Å². The van der Waals surface area contributed by atoms with Crippen LogP contribution in [0.4, 0.5) is 0 Å². The van der Waals surface area contributed by atoms with Crippen molar-refractivity contribution in [3.63, 3.8) is 0 Å². The summed E-state index contributed by atoms with van der Waals surface area (Å²) in [6.45, 7) is 7.23. The standard InChI is InChI=1S/C15H23BrClN3/c1-10-8-20(9-11(2)19(10)3)15(7-18)12-4-5-13(16)14(17)6-12/h4-6,10-11,15H,7-9,18H2,1-3H3. The number of nitrogens with zero attached hydrogens (tertiary/aromatic N) is 2. The molecule has 1 aromatic carbocycles. The zero-order valence-corrected chi connectivity index (χ0v) is 14.7. The van der Waals surface area contributed by atoms with Gasteiger partial charge in [-0.15, -0.1) is 0 Å². The molecule has 0 saturated carbocycles. The van der Waals surface area contributed by atoms with E-state index in [-0.39, 0.29) is 6.04 Å². The van der Waals surface area contributed by atoms with Crippen LogP contribution in [0.5, 0.6) is 0 Å². The maximum absolute atomic E-state index is 6.22. The summed E-state index contributed by atoms with van der Waals surface area (Å²) in [4.78, 5) is 4.91. The fourth-order valence-corrected chi connectivity index (χ4v) is 3.35. The van der Waals surface area contributed by atoms with Gasteiger partial charge < -0.3 is 5.73 Å². The van der Waals surface area contributed by atoms with Crippen LogP contribution in [0.1, 0.15) is 25.5 Å². The van der Waals surface area contributed by atoms with Gasteiger partial charge in [-0.1, -0.05) is 17.7 Å². The van der Waals surface area contributed by atoms with Gasteiger partial charge in [0, 0.05) is 42.2 Å². The van der Waals surface area contributed by atoms with E-state index in [0.717, 1.165) is 22.6 Å². The summed E-state index contributed by atoms with van der Waals surface area (Å²) < 4.78 is 0.929. The average molecular weight is 361 g/mol. The monoisotopic (exact) mass is 359 g/mol. The van der Waals surface area contributed by atoms with E-state index in [2.05, 4.69) is 52.7 Å². The molecular weight excluding hydrogens is 338 g/mol. The second-order valence-electron chi connectivity index (χ2n) is 5.74. The summed E-state index contributed by atoms with van der Waals surface area (Å²) in [7, 11) is 2.20. The molecule has 3 atom stereocenters. The summed E-state index contributed by atoms with van der Waals surface area (Å²) >= 11 is 9.66. The number of rotatable bonds is 3. The third-order valence-corrected chi connectivity index (χ3v) is 5.61. The largest absolute Gasteiger partial charge is 0.329 e. The van der Waals surface area contributed by atoms with E-state index in [0.29, 0.717) is 18.6 Å². The first kappa shape index (κ1) is 16.2. The molecule has 1 aliphatic rings. The highest BCUT2D eigenvalue weighted by molar-refractivity contribution is 9.10. The van der Waals surface area contributed by atoms with Crippen molar-refractivity contribution < 1.29 is 0 Å². The van der Waals surface area contributed by atoms with E-state index in [1.165, 1.54) is 5.56 Å². The van der Waals surface area contributed by atoms with Crippen molar-refractivity contribution in [2.45, 2.75) is 32.0 Å². The van der Waals surface area contributed by atoms with Crippen LogP contribution in [0.25, 0.3) is 0 Å². The summed E-state index contributed by atoms with van der Waals surface area (Å²) in [6.07, 6.45) is 0. The minimum atomic E-state index is 0.235. The highest BCUT2D eigenvalue weighted by atomic mass is 79.9. The second-order valence-corrected chi connectivity index (χ2v) is 7.00. The Kier molecular flexibility index (Phi) is 5.49. The fourth-order valence-electron chi connectivity index (χ4n) is 2.92. The Hall–Kier alpha value is -0.130. The first-order valence-electron chi connectivity index (χ1n) is 7.05. The Morgan fingerprint density at radius 3 is 2.45 bits per heavy atom. The molecule has 0 bridgehead atoms. The first-order chi connectivity index (χ1) is 9.43. The Balaban J connectivity index is 2.21. The minimum absolute atomic E-state index is 0.235. The molecule has 2 N–H and O–H groups in total. The van der Waals surface area contributed by atoms with Crippen LogP contribution < -0.4 is 5.73 Å². The van der Waals surface area contributed by atoms with Crippen LogP contribution in [0.3, 0.4) is 0 Å². The second kappa shape index (κ2) is 6.75. The third-order valence-electron chi connectivity index (χ3n) is 4.38. The Morgan fingerprint density at radius 1 is 1.35 bits per heavy atom. The van der Waals surface area contributed by atoms with E-state index in [4.69, 9.17) is 17.3 Å². The van der Waals surface area contributed by atoms with Crippen LogP contribution in [0.15, 0.2) is 22.7 Å². The van der Waals surface area contributed by atoms with Gasteiger partial charge in [-0.05, 0) is 54.5 Å². The molecule has 0 aliphatic carbocycles. The molecule has 20 heavy (non-hydrogen) atoms. The highest BCUT2D eigenvalue weighted by Crippen LogP contribution is 2.30. The molecule has 1 saturated heterocycles. The first-order valence-corrected chi connectivity index (χ1v) is 8.22. The van der Waals surface area contributed by atoms with E-state index >= 15 is 0 Å². The number of benzene rings is 1. The van der Waals surface area contributed by atoms with Crippen molar-refractivity contribution in [1.29, 1.82) is 0 Å². The predicted molar refractivity (Wildman–Crippen MR) is 89.2 cm³/mol. The molecule has 3 unspecified atom stereocenters. The molecule has 1 aliphatic heterocycles. The van der Waals surface area contributed by atoms with Crippen molar-refractivity contribution in [3.05, 3.63) is 33.3 Å². The quantitative estimate of drug-likeness (QED) is 0.899. The van der Waals surface area contributed by atoms with Gasteiger partial charge in [0.15, 0.2) is 0 Å². The van der Waals surface area contributed by atoms with Gasteiger partial charge in [0.25, 0.3) is 0 Å². The molecule has 0 radical (unpaired) electrons. The molecule has 0 spiro atoms. The smallest absolute Gasteiger partial charge is 0.0551 e. The highest BCUT2D eigenvalue weighted by Gasteiger charge is 2.31. The minimum Gasteiger partial charge on any atom is -0.329 e. The molecule has 3 nitrogen and oxygen atoms in total. The summed E-state index contributed by atoms with van der Waals surface area (Å²) in [6, 6.07) is 7.46. The zero-order chi connectivity index (χ0) is 14.9. The van der Waals surface area contributed by atoms with Crippen LogP contribution in [-0.2, 0) is 0 Å². The van der Waals surface area contributed by atoms with Gasteiger partial charge in [-0.2, -0.15) is 0 Å². The van der Waals surface area contributed by atoms with E-state index in [9.17, 15) is 0 Å². The molecule has 0 aromatic heterocycles. The SMILES string of the molecule is CC1CN(C(CN)c2ccc(Br)c(Cl)c2)CC(C)N1C. The molecule has 1 fully saturated rings. The summed E-state index contributed by atoms with van der Waals surface area (Å²) in [5.41, 5.74) is 7.24. The normalized spacial score (nSPS) is 26.7. The zero-order valence-electron chi connectivity index (χ0n) is 12.3. The van der Waals surface area contributed by atoms with E-state index in [1.54, 1.807) is 0 Å². The molecule has 112 valence electrons. The van der Waals surface area contributed by atoms with Gasteiger partial charge in [0.05, 0.1) is 5.02 Å². The van der Waals surface area contributed by atoms with Crippen molar-refractivity contribution in [3.8, 4) is 0 Å². The number of nitrogens with two attached hydrogens (primary N) is 1. The molecular formula is C15H23BrClN3. The maximum atomic E-state index is 6.22. The lowest BCUT2D eigenvalue weighted by Gasteiger charge is -2.45. The molecule has 1 heterocycles. The lowest BCUT2D eigenvalue weighted by Crippen LogP contribution is -2.56. The lowest BCUT2D eigenvalue weighted by atomic mass is 10.0. The fraction of sp³-hybridized carbons (Fsp3) is 0.600. The van der Waals surface area contributed by atoms with Gasteiger partial charge in [-0.25, -0.2) is 0 Å². The van der Waals surface area contributed by atoms with Crippen molar-refractivity contribution in [2.24, 2.45) is 5.73 Å². The Bertz CT molecular complexity index is 456. The molecule has 0 amide bonds.